The van der Waals surface area contributed by atoms with Gasteiger partial charge >= 0.3 is 12.1 Å². The van der Waals surface area contributed by atoms with Crippen LogP contribution in [0.5, 0.6) is 5.88 Å². The van der Waals surface area contributed by atoms with E-state index in [1.165, 1.54) is 14.2 Å². The molecular weight excluding hydrogens is 340 g/mol. The van der Waals surface area contributed by atoms with Crippen LogP contribution in [0.1, 0.15) is 32.8 Å². The topological polar surface area (TPSA) is 95.0 Å². The van der Waals surface area contributed by atoms with E-state index in [0.717, 1.165) is 10.5 Å². The van der Waals surface area contributed by atoms with Crippen molar-refractivity contribution in [2.24, 2.45) is 5.92 Å². The van der Waals surface area contributed by atoms with Gasteiger partial charge in [-0.05, 0) is 39.2 Å². The van der Waals surface area contributed by atoms with E-state index < -0.39 is 35.5 Å². The highest BCUT2D eigenvalue weighted by molar-refractivity contribution is 6.00. The van der Waals surface area contributed by atoms with Gasteiger partial charge < -0.3 is 14.2 Å². The summed E-state index contributed by atoms with van der Waals surface area (Å²) in [4.78, 5) is 42.2. The maximum absolute atomic E-state index is 12.8. The SMILES string of the molecule is COC(=O)[C@@H]1C[C@@H](Cc2ccc(OC)nc2)C(=O)N1C(=O)OC(C)(C)C. The zero-order valence-corrected chi connectivity index (χ0v) is 15.6. The number of imide groups is 1. The summed E-state index contributed by atoms with van der Waals surface area (Å²) in [6, 6.07) is 2.50. The molecule has 1 fully saturated rings. The lowest BCUT2D eigenvalue weighted by Crippen LogP contribution is -2.46. The van der Waals surface area contributed by atoms with Gasteiger partial charge in [0.1, 0.15) is 11.6 Å². The van der Waals surface area contributed by atoms with Crippen LogP contribution in [-0.2, 0) is 25.5 Å². The summed E-state index contributed by atoms with van der Waals surface area (Å²) >= 11 is 0. The van der Waals surface area contributed by atoms with E-state index in [4.69, 9.17) is 14.2 Å². The monoisotopic (exact) mass is 364 g/mol. The van der Waals surface area contributed by atoms with E-state index in [1.807, 2.05) is 0 Å². The number of likely N-dealkylation sites (tertiary alicyclic amines) is 1. The Bertz CT molecular complexity index is 680. The zero-order chi connectivity index (χ0) is 19.5. The first-order chi connectivity index (χ1) is 12.2. The number of rotatable bonds is 4. The van der Waals surface area contributed by atoms with Crippen molar-refractivity contribution in [1.82, 2.24) is 9.88 Å². The first-order valence-electron chi connectivity index (χ1n) is 8.29. The van der Waals surface area contributed by atoms with Gasteiger partial charge in [0.2, 0.25) is 11.8 Å². The lowest BCUT2D eigenvalue weighted by atomic mass is 9.97. The largest absolute Gasteiger partial charge is 0.481 e. The molecule has 2 heterocycles. The molecule has 0 saturated carbocycles. The molecule has 0 unspecified atom stereocenters. The molecule has 2 atom stereocenters. The summed E-state index contributed by atoms with van der Waals surface area (Å²) < 4.78 is 15.0. The minimum absolute atomic E-state index is 0.177. The van der Waals surface area contributed by atoms with Crippen molar-refractivity contribution in [2.75, 3.05) is 14.2 Å². The molecule has 0 spiro atoms. The Balaban J connectivity index is 2.20. The maximum atomic E-state index is 12.8. The van der Waals surface area contributed by atoms with Crippen LogP contribution in [-0.4, -0.2) is 53.7 Å². The normalized spacial score (nSPS) is 20.0. The van der Waals surface area contributed by atoms with Gasteiger partial charge in [0, 0.05) is 18.2 Å². The molecule has 0 bridgehead atoms. The van der Waals surface area contributed by atoms with Gasteiger partial charge in [0.05, 0.1) is 14.2 Å². The molecule has 8 nitrogen and oxygen atoms in total. The minimum Gasteiger partial charge on any atom is -0.481 e. The van der Waals surface area contributed by atoms with Crippen LogP contribution in [0.2, 0.25) is 0 Å². The Kier molecular flexibility index (Phi) is 5.84. The lowest BCUT2D eigenvalue weighted by molar-refractivity contribution is -0.148. The fourth-order valence-corrected chi connectivity index (χ4v) is 2.80. The average molecular weight is 364 g/mol. The minimum atomic E-state index is -0.987. The molecule has 142 valence electrons. The third kappa shape index (κ3) is 4.50. The van der Waals surface area contributed by atoms with Gasteiger partial charge in [0.15, 0.2) is 0 Å². The Morgan fingerprint density at radius 3 is 2.46 bits per heavy atom. The predicted octanol–water partition coefficient (Wildman–Crippen LogP) is 1.96. The number of carbonyl (C=O) groups is 3. The van der Waals surface area contributed by atoms with Crippen molar-refractivity contribution < 1.29 is 28.6 Å². The van der Waals surface area contributed by atoms with Crippen LogP contribution in [0.25, 0.3) is 0 Å². The van der Waals surface area contributed by atoms with Crippen LogP contribution >= 0.6 is 0 Å². The molecular formula is C18H24N2O6. The van der Waals surface area contributed by atoms with E-state index in [0.29, 0.717) is 12.3 Å². The van der Waals surface area contributed by atoms with Gasteiger partial charge in [-0.3, -0.25) is 4.79 Å². The van der Waals surface area contributed by atoms with Crippen molar-refractivity contribution in [3.8, 4) is 5.88 Å². The Morgan fingerprint density at radius 1 is 1.27 bits per heavy atom. The van der Waals surface area contributed by atoms with E-state index in [2.05, 4.69) is 4.98 Å². The standard InChI is InChI=1S/C18H24N2O6/c1-18(2,3)26-17(23)20-13(16(22)25-5)9-12(15(20)21)8-11-6-7-14(24-4)19-10-11/h6-7,10,12-13H,8-9H2,1-5H3/t12-,13+/m1/s1. The number of amides is 2. The summed E-state index contributed by atoms with van der Waals surface area (Å²) in [7, 11) is 2.74. The number of ether oxygens (including phenoxy) is 3. The fraction of sp³-hybridized carbons (Fsp3) is 0.556. The van der Waals surface area contributed by atoms with E-state index in [1.54, 1.807) is 39.1 Å². The van der Waals surface area contributed by atoms with E-state index >= 15 is 0 Å². The Hall–Kier alpha value is -2.64. The van der Waals surface area contributed by atoms with Crippen molar-refractivity contribution in [3.05, 3.63) is 23.9 Å². The molecule has 0 aliphatic carbocycles. The quantitative estimate of drug-likeness (QED) is 0.754. The molecule has 1 aliphatic heterocycles. The number of methoxy groups -OCH3 is 2. The predicted molar refractivity (Wildman–Crippen MR) is 91.5 cm³/mol. The number of aromatic nitrogens is 1. The smallest absolute Gasteiger partial charge is 0.417 e. The average Bonchev–Trinajstić information content (AvgIpc) is 2.90. The summed E-state index contributed by atoms with van der Waals surface area (Å²) in [6.07, 6.45) is 1.29. The van der Waals surface area contributed by atoms with Crippen molar-refractivity contribution in [1.29, 1.82) is 0 Å². The first kappa shape index (κ1) is 19.7. The number of hydrogen-bond acceptors (Lipinski definition) is 7. The summed E-state index contributed by atoms with van der Waals surface area (Å²) in [5.41, 5.74) is 0.0227. The maximum Gasteiger partial charge on any atom is 0.417 e. The van der Waals surface area contributed by atoms with E-state index in [-0.39, 0.29) is 6.42 Å². The van der Waals surface area contributed by atoms with Gasteiger partial charge in [0.25, 0.3) is 0 Å². The van der Waals surface area contributed by atoms with Crippen LogP contribution in [0, 0.1) is 5.92 Å². The second kappa shape index (κ2) is 7.72. The number of carbonyl (C=O) groups excluding carboxylic acids is 3. The molecule has 1 saturated heterocycles. The van der Waals surface area contributed by atoms with Crippen molar-refractivity contribution >= 4 is 18.0 Å². The first-order valence-corrected chi connectivity index (χ1v) is 8.29. The summed E-state index contributed by atoms with van der Waals surface area (Å²) in [5.74, 6) is -1.17. The van der Waals surface area contributed by atoms with Gasteiger partial charge in [-0.15, -0.1) is 0 Å². The lowest BCUT2D eigenvalue weighted by Gasteiger charge is -2.26. The zero-order valence-electron chi connectivity index (χ0n) is 15.6. The third-order valence-electron chi connectivity index (χ3n) is 3.96. The summed E-state index contributed by atoms with van der Waals surface area (Å²) in [6.45, 7) is 5.08. The summed E-state index contributed by atoms with van der Waals surface area (Å²) in [5, 5.41) is 0. The van der Waals surface area contributed by atoms with Gasteiger partial charge in [-0.1, -0.05) is 6.07 Å². The molecule has 1 aromatic rings. The van der Waals surface area contributed by atoms with Crippen molar-refractivity contribution in [3.63, 3.8) is 0 Å². The molecule has 26 heavy (non-hydrogen) atoms. The fourth-order valence-electron chi connectivity index (χ4n) is 2.80. The van der Waals surface area contributed by atoms with Crippen LogP contribution in [0.15, 0.2) is 18.3 Å². The molecule has 1 aromatic heterocycles. The highest BCUT2D eigenvalue weighted by Crippen LogP contribution is 2.30. The highest BCUT2D eigenvalue weighted by Gasteiger charge is 2.48. The molecule has 2 rings (SSSR count). The molecule has 8 heteroatoms. The second-order valence-electron chi connectivity index (χ2n) is 7.07. The molecule has 0 radical (unpaired) electrons. The third-order valence-corrected chi connectivity index (χ3v) is 3.96. The van der Waals surface area contributed by atoms with Crippen LogP contribution in [0.4, 0.5) is 4.79 Å². The molecule has 2 amide bonds. The highest BCUT2D eigenvalue weighted by atomic mass is 16.6. The van der Waals surface area contributed by atoms with Crippen LogP contribution in [0.3, 0.4) is 0 Å². The number of hydrogen-bond donors (Lipinski definition) is 0. The molecule has 0 N–H and O–H groups in total. The van der Waals surface area contributed by atoms with Gasteiger partial charge in [-0.2, -0.15) is 0 Å². The van der Waals surface area contributed by atoms with Gasteiger partial charge in [-0.25, -0.2) is 19.5 Å². The number of nitrogens with zero attached hydrogens (tertiary/aromatic N) is 2. The Labute approximate surface area is 152 Å². The van der Waals surface area contributed by atoms with Crippen LogP contribution < -0.4 is 4.74 Å². The molecule has 1 aliphatic rings. The Morgan fingerprint density at radius 2 is 1.96 bits per heavy atom. The number of pyridine rings is 1. The van der Waals surface area contributed by atoms with E-state index in [9.17, 15) is 14.4 Å². The second-order valence-corrected chi connectivity index (χ2v) is 7.07. The molecule has 0 aromatic carbocycles. The van der Waals surface area contributed by atoms with Crippen molar-refractivity contribution in [2.45, 2.75) is 45.3 Å². The number of esters is 1.